The number of rotatable bonds is 12. The summed E-state index contributed by atoms with van der Waals surface area (Å²) in [6, 6.07) is 14.2. The van der Waals surface area contributed by atoms with Crippen LogP contribution in [-0.4, -0.2) is 59.8 Å². The number of anilines is 1. The van der Waals surface area contributed by atoms with Crippen molar-refractivity contribution in [1.82, 2.24) is 9.88 Å². The van der Waals surface area contributed by atoms with E-state index in [-0.39, 0.29) is 36.9 Å². The quantitative estimate of drug-likeness (QED) is 0.265. The minimum atomic E-state index is -0.902. The lowest BCUT2D eigenvalue weighted by atomic mass is 9.82. The molecule has 2 aromatic carbocycles. The van der Waals surface area contributed by atoms with E-state index in [2.05, 4.69) is 18.7 Å². The molecule has 0 aliphatic carbocycles. The standard InChI is InChI=1S/C35H42FN3O5/c1-24-29(21-32(41)42)34(38-18-15-35(2,3)16-19-38)33(30(37-24)22-43-23-39-17-4-5-31(39)40)26-8-12-28(13-9-26)44-20-14-25-6-10-27(36)11-7-25/h6-13H,4-5,14-23H2,1-3H3,(H,41,42). The number of hydrogen-bond donors (Lipinski definition) is 1. The summed E-state index contributed by atoms with van der Waals surface area (Å²) in [6.07, 6.45) is 3.88. The molecule has 0 saturated carbocycles. The van der Waals surface area contributed by atoms with Crippen molar-refractivity contribution in [2.24, 2.45) is 5.41 Å². The topological polar surface area (TPSA) is 92.2 Å². The van der Waals surface area contributed by atoms with Crippen LogP contribution >= 0.6 is 0 Å². The molecule has 1 aromatic heterocycles. The summed E-state index contributed by atoms with van der Waals surface area (Å²) in [5.41, 5.74) is 5.96. The number of halogens is 1. The van der Waals surface area contributed by atoms with Crippen molar-refractivity contribution < 1.29 is 28.6 Å². The lowest BCUT2D eigenvalue weighted by Crippen LogP contribution is -2.38. The van der Waals surface area contributed by atoms with Crippen LogP contribution in [0.15, 0.2) is 48.5 Å². The molecule has 1 N–H and O–H groups in total. The van der Waals surface area contributed by atoms with Crippen LogP contribution in [0.25, 0.3) is 11.1 Å². The van der Waals surface area contributed by atoms with Crippen molar-refractivity contribution in [1.29, 1.82) is 0 Å². The van der Waals surface area contributed by atoms with Crippen LogP contribution in [0.2, 0.25) is 0 Å². The predicted octanol–water partition coefficient (Wildman–Crippen LogP) is 6.17. The van der Waals surface area contributed by atoms with Crippen LogP contribution in [-0.2, 0) is 33.8 Å². The first-order chi connectivity index (χ1) is 21.1. The van der Waals surface area contributed by atoms with Crippen LogP contribution in [0.1, 0.15) is 62.0 Å². The third kappa shape index (κ3) is 7.75. The van der Waals surface area contributed by atoms with E-state index >= 15 is 0 Å². The van der Waals surface area contributed by atoms with Gasteiger partial charge in [-0.3, -0.25) is 14.6 Å². The van der Waals surface area contributed by atoms with E-state index in [4.69, 9.17) is 14.5 Å². The average Bonchev–Trinajstić information content (AvgIpc) is 3.40. The molecule has 3 aromatic rings. The van der Waals surface area contributed by atoms with Crippen LogP contribution in [0.3, 0.4) is 0 Å². The molecular weight excluding hydrogens is 561 g/mol. The van der Waals surface area contributed by atoms with Crippen LogP contribution in [0, 0.1) is 18.2 Å². The van der Waals surface area contributed by atoms with Gasteiger partial charge in [0.15, 0.2) is 0 Å². The number of carbonyl (C=O) groups is 2. The molecule has 5 rings (SSSR count). The number of hydrogen-bond acceptors (Lipinski definition) is 6. The van der Waals surface area contributed by atoms with E-state index in [1.54, 1.807) is 17.0 Å². The number of carboxylic acid groups (broad SMARTS) is 1. The fourth-order valence-electron chi connectivity index (χ4n) is 5.99. The van der Waals surface area contributed by atoms with Gasteiger partial charge in [0.05, 0.1) is 31.0 Å². The Kier molecular flexibility index (Phi) is 9.84. The molecule has 9 heteroatoms. The molecule has 2 fully saturated rings. The lowest BCUT2D eigenvalue weighted by molar-refractivity contribution is -0.136. The van der Waals surface area contributed by atoms with Gasteiger partial charge in [-0.15, -0.1) is 0 Å². The monoisotopic (exact) mass is 603 g/mol. The number of aromatic nitrogens is 1. The van der Waals surface area contributed by atoms with Crippen molar-refractivity contribution >= 4 is 17.6 Å². The smallest absolute Gasteiger partial charge is 0.307 e. The van der Waals surface area contributed by atoms with Crippen molar-refractivity contribution in [3.63, 3.8) is 0 Å². The van der Waals surface area contributed by atoms with E-state index < -0.39 is 5.97 Å². The van der Waals surface area contributed by atoms with E-state index in [0.29, 0.717) is 48.7 Å². The predicted molar refractivity (Wildman–Crippen MR) is 167 cm³/mol. The maximum absolute atomic E-state index is 13.2. The van der Waals surface area contributed by atoms with Gasteiger partial charge in [-0.1, -0.05) is 38.1 Å². The first-order valence-electron chi connectivity index (χ1n) is 15.4. The second-order valence-corrected chi connectivity index (χ2v) is 12.6. The first kappa shape index (κ1) is 31.4. The number of ether oxygens (including phenoxy) is 2. The van der Waals surface area contributed by atoms with Crippen molar-refractivity contribution in [3.8, 4) is 16.9 Å². The number of carbonyl (C=O) groups excluding carboxylic acids is 1. The molecule has 2 aliphatic heterocycles. The van der Waals surface area contributed by atoms with E-state index in [1.807, 2.05) is 31.2 Å². The number of carboxylic acids is 1. The molecule has 8 nitrogen and oxygen atoms in total. The average molecular weight is 604 g/mol. The third-order valence-electron chi connectivity index (χ3n) is 8.68. The number of pyridine rings is 1. The Morgan fingerprint density at radius 2 is 1.75 bits per heavy atom. The number of likely N-dealkylation sites (tertiary alicyclic amines) is 1. The number of amides is 1. The van der Waals surface area contributed by atoms with Crippen molar-refractivity contribution in [3.05, 3.63) is 76.9 Å². The minimum Gasteiger partial charge on any atom is -0.493 e. The Balaban J connectivity index is 1.46. The molecular formula is C35H42FN3O5. The lowest BCUT2D eigenvalue weighted by Gasteiger charge is -2.40. The summed E-state index contributed by atoms with van der Waals surface area (Å²) in [5, 5.41) is 9.89. The van der Waals surface area contributed by atoms with Gasteiger partial charge in [-0.2, -0.15) is 0 Å². The maximum Gasteiger partial charge on any atom is 0.307 e. The molecule has 0 bridgehead atoms. The highest BCUT2D eigenvalue weighted by Gasteiger charge is 2.31. The molecule has 2 saturated heterocycles. The number of aryl methyl sites for hydroxylation is 1. The SMILES string of the molecule is Cc1nc(COCN2CCCC2=O)c(-c2ccc(OCCc3ccc(F)cc3)cc2)c(N2CCC(C)(C)CC2)c1CC(=O)O. The summed E-state index contributed by atoms with van der Waals surface area (Å²) in [6.45, 7) is 9.55. The molecule has 234 valence electrons. The fourth-order valence-corrected chi connectivity index (χ4v) is 5.99. The molecule has 0 atom stereocenters. The zero-order chi connectivity index (χ0) is 31.3. The van der Waals surface area contributed by atoms with Gasteiger partial charge in [0.2, 0.25) is 5.91 Å². The van der Waals surface area contributed by atoms with Gasteiger partial charge in [-0.25, -0.2) is 4.39 Å². The zero-order valence-corrected chi connectivity index (χ0v) is 25.9. The van der Waals surface area contributed by atoms with Gasteiger partial charge in [0, 0.05) is 49.3 Å². The van der Waals surface area contributed by atoms with E-state index in [0.717, 1.165) is 54.7 Å². The second-order valence-electron chi connectivity index (χ2n) is 12.6. The Labute approximate surface area is 258 Å². The molecule has 2 aliphatic rings. The summed E-state index contributed by atoms with van der Waals surface area (Å²) in [5.74, 6) is -0.365. The maximum atomic E-state index is 13.2. The Hall–Kier alpha value is -3.98. The van der Waals surface area contributed by atoms with Gasteiger partial charge in [0.25, 0.3) is 0 Å². The largest absolute Gasteiger partial charge is 0.493 e. The van der Waals surface area contributed by atoms with Gasteiger partial charge in [0.1, 0.15) is 18.3 Å². The molecule has 44 heavy (non-hydrogen) atoms. The van der Waals surface area contributed by atoms with Crippen LogP contribution < -0.4 is 9.64 Å². The van der Waals surface area contributed by atoms with Gasteiger partial charge >= 0.3 is 5.97 Å². The highest BCUT2D eigenvalue weighted by atomic mass is 19.1. The highest BCUT2D eigenvalue weighted by Crippen LogP contribution is 2.42. The van der Waals surface area contributed by atoms with Crippen LogP contribution in [0.5, 0.6) is 5.75 Å². The summed E-state index contributed by atoms with van der Waals surface area (Å²) in [7, 11) is 0. The minimum absolute atomic E-state index is 0.0952. The van der Waals surface area contributed by atoms with E-state index in [1.165, 1.54) is 12.1 Å². The Bertz CT molecular complexity index is 1460. The number of nitrogens with zero attached hydrogens (tertiary/aromatic N) is 3. The summed E-state index contributed by atoms with van der Waals surface area (Å²) >= 11 is 0. The molecule has 0 radical (unpaired) electrons. The fraction of sp³-hybridized carbons (Fsp3) is 0.457. The second kappa shape index (κ2) is 13.8. The van der Waals surface area contributed by atoms with Crippen LogP contribution in [0.4, 0.5) is 10.1 Å². The normalized spacial score (nSPS) is 16.4. The van der Waals surface area contributed by atoms with Crippen molar-refractivity contribution in [2.45, 2.75) is 65.9 Å². The molecule has 3 heterocycles. The zero-order valence-electron chi connectivity index (χ0n) is 25.9. The van der Waals surface area contributed by atoms with Gasteiger partial charge in [-0.05, 0) is 67.0 Å². The molecule has 1 amide bonds. The number of piperidine rings is 1. The number of benzene rings is 2. The summed E-state index contributed by atoms with van der Waals surface area (Å²) < 4.78 is 25.3. The van der Waals surface area contributed by atoms with Crippen molar-refractivity contribution in [2.75, 3.05) is 37.9 Å². The third-order valence-corrected chi connectivity index (χ3v) is 8.68. The Morgan fingerprint density at radius 3 is 2.39 bits per heavy atom. The highest BCUT2D eigenvalue weighted by molar-refractivity contribution is 5.86. The first-order valence-corrected chi connectivity index (χ1v) is 15.4. The van der Waals surface area contributed by atoms with E-state index in [9.17, 15) is 19.1 Å². The molecule has 0 unspecified atom stereocenters. The summed E-state index contributed by atoms with van der Waals surface area (Å²) in [4.78, 5) is 33.2. The number of aliphatic carboxylic acids is 1. The Morgan fingerprint density at radius 1 is 1.05 bits per heavy atom. The molecule has 0 spiro atoms. The van der Waals surface area contributed by atoms with Gasteiger partial charge < -0.3 is 24.4 Å².